The van der Waals surface area contributed by atoms with E-state index in [1.54, 1.807) is 0 Å². The van der Waals surface area contributed by atoms with Gasteiger partial charge in [0.05, 0.1) is 13.2 Å². The standard InChI is InChI=1S/C16H30N2O4/c19-13-11-17-15(21)9-7-5-3-1-2-4-6-8-10-16(22)18-12-14-20/h7,9,19-20H,1-6,8,10-14H2,(H,17,21)(H,18,22)/b9-7+. The first kappa shape index (κ1) is 20.6. The number of unbranched alkanes of at least 4 members (excludes halogenated alkanes) is 6. The second-order valence-corrected chi connectivity index (χ2v) is 5.15. The molecule has 2 amide bonds. The van der Waals surface area contributed by atoms with Crippen molar-refractivity contribution in [1.29, 1.82) is 0 Å². The molecule has 0 aromatic rings. The van der Waals surface area contributed by atoms with Crippen molar-refractivity contribution < 1.29 is 19.8 Å². The van der Waals surface area contributed by atoms with E-state index in [1.165, 1.54) is 6.08 Å². The maximum absolute atomic E-state index is 11.3. The van der Waals surface area contributed by atoms with Gasteiger partial charge in [-0.1, -0.05) is 31.8 Å². The first-order valence-corrected chi connectivity index (χ1v) is 8.13. The molecule has 0 saturated heterocycles. The molecule has 0 aliphatic heterocycles. The molecule has 4 N–H and O–H groups in total. The minimum absolute atomic E-state index is 0.0106. The van der Waals surface area contributed by atoms with Gasteiger partial charge in [-0.05, 0) is 25.3 Å². The first-order chi connectivity index (χ1) is 10.7. The van der Waals surface area contributed by atoms with Gasteiger partial charge in [-0.3, -0.25) is 9.59 Å². The van der Waals surface area contributed by atoms with Gasteiger partial charge in [0.25, 0.3) is 0 Å². The van der Waals surface area contributed by atoms with Crippen molar-refractivity contribution in [1.82, 2.24) is 10.6 Å². The lowest BCUT2D eigenvalue weighted by Gasteiger charge is -2.03. The summed E-state index contributed by atoms with van der Waals surface area (Å²) in [5, 5.41) is 22.3. The Morgan fingerprint density at radius 2 is 1.41 bits per heavy atom. The van der Waals surface area contributed by atoms with E-state index in [4.69, 9.17) is 10.2 Å². The van der Waals surface area contributed by atoms with E-state index in [1.807, 2.05) is 6.08 Å². The number of carbonyl (C=O) groups excluding carboxylic acids is 2. The Morgan fingerprint density at radius 3 is 2.09 bits per heavy atom. The van der Waals surface area contributed by atoms with Crippen molar-refractivity contribution in [2.75, 3.05) is 26.3 Å². The average Bonchev–Trinajstić information content (AvgIpc) is 2.52. The van der Waals surface area contributed by atoms with Crippen LogP contribution < -0.4 is 10.6 Å². The van der Waals surface area contributed by atoms with Crippen LogP contribution in [0, 0.1) is 0 Å². The molecule has 22 heavy (non-hydrogen) atoms. The Balaban J connectivity index is 3.28. The number of allylic oxidation sites excluding steroid dienone is 1. The molecule has 0 radical (unpaired) electrons. The zero-order valence-corrected chi connectivity index (χ0v) is 13.4. The van der Waals surface area contributed by atoms with Gasteiger partial charge in [0, 0.05) is 19.5 Å². The van der Waals surface area contributed by atoms with E-state index < -0.39 is 0 Å². The van der Waals surface area contributed by atoms with Crippen LogP contribution in [0.3, 0.4) is 0 Å². The highest BCUT2D eigenvalue weighted by atomic mass is 16.3. The SMILES string of the molecule is O=C(/C=C/CCCCCCCCC(=O)NCCO)NCCO. The van der Waals surface area contributed by atoms with Gasteiger partial charge in [0.1, 0.15) is 0 Å². The van der Waals surface area contributed by atoms with Gasteiger partial charge < -0.3 is 20.8 Å². The molecule has 0 saturated carbocycles. The third-order valence-electron chi connectivity index (χ3n) is 3.14. The van der Waals surface area contributed by atoms with E-state index in [9.17, 15) is 9.59 Å². The lowest BCUT2D eigenvalue weighted by Crippen LogP contribution is -2.25. The highest BCUT2D eigenvalue weighted by Crippen LogP contribution is 2.08. The van der Waals surface area contributed by atoms with Crippen LogP contribution >= 0.6 is 0 Å². The first-order valence-electron chi connectivity index (χ1n) is 8.13. The van der Waals surface area contributed by atoms with Crippen molar-refractivity contribution in [3.63, 3.8) is 0 Å². The Kier molecular flexibility index (Phi) is 15.0. The molecule has 0 aliphatic rings. The van der Waals surface area contributed by atoms with Crippen LogP contribution in [0.4, 0.5) is 0 Å². The molecule has 6 nitrogen and oxygen atoms in total. The smallest absolute Gasteiger partial charge is 0.243 e. The summed E-state index contributed by atoms with van der Waals surface area (Å²) in [6.45, 7) is 0.581. The van der Waals surface area contributed by atoms with Gasteiger partial charge in [-0.15, -0.1) is 0 Å². The Hall–Kier alpha value is -1.40. The predicted molar refractivity (Wildman–Crippen MR) is 86.3 cm³/mol. The Morgan fingerprint density at radius 1 is 0.818 bits per heavy atom. The Labute approximate surface area is 133 Å². The van der Waals surface area contributed by atoms with Crippen molar-refractivity contribution in [3.8, 4) is 0 Å². The summed E-state index contributed by atoms with van der Waals surface area (Å²) in [6.07, 6.45) is 11.2. The van der Waals surface area contributed by atoms with Gasteiger partial charge in [-0.25, -0.2) is 0 Å². The van der Waals surface area contributed by atoms with Gasteiger partial charge in [0.2, 0.25) is 11.8 Å². The zero-order chi connectivity index (χ0) is 16.5. The number of aliphatic hydroxyl groups is 2. The number of amides is 2. The highest BCUT2D eigenvalue weighted by Gasteiger charge is 1.99. The van der Waals surface area contributed by atoms with Crippen LogP contribution in [0.25, 0.3) is 0 Å². The van der Waals surface area contributed by atoms with Crippen molar-refractivity contribution in [2.45, 2.75) is 51.4 Å². The lowest BCUT2D eigenvalue weighted by atomic mass is 10.1. The van der Waals surface area contributed by atoms with E-state index in [-0.39, 0.29) is 25.0 Å². The Bertz CT molecular complexity index is 319. The van der Waals surface area contributed by atoms with Crippen molar-refractivity contribution in [3.05, 3.63) is 12.2 Å². The minimum atomic E-state index is -0.159. The summed E-state index contributed by atoms with van der Waals surface area (Å²) in [5.41, 5.74) is 0. The molecule has 0 fully saturated rings. The van der Waals surface area contributed by atoms with E-state index in [0.29, 0.717) is 19.5 Å². The van der Waals surface area contributed by atoms with Gasteiger partial charge in [-0.2, -0.15) is 0 Å². The third kappa shape index (κ3) is 15.0. The van der Waals surface area contributed by atoms with E-state index in [0.717, 1.165) is 44.9 Å². The summed E-state index contributed by atoms with van der Waals surface area (Å²) < 4.78 is 0. The van der Waals surface area contributed by atoms with Gasteiger partial charge in [0.15, 0.2) is 0 Å². The molecule has 128 valence electrons. The molecule has 0 unspecified atom stereocenters. The second-order valence-electron chi connectivity index (χ2n) is 5.15. The van der Waals surface area contributed by atoms with Crippen molar-refractivity contribution >= 4 is 11.8 Å². The van der Waals surface area contributed by atoms with E-state index in [2.05, 4.69) is 10.6 Å². The van der Waals surface area contributed by atoms with Crippen LogP contribution in [-0.2, 0) is 9.59 Å². The average molecular weight is 314 g/mol. The number of hydrogen-bond acceptors (Lipinski definition) is 4. The molecule has 0 aromatic heterocycles. The fourth-order valence-electron chi connectivity index (χ4n) is 1.97. The minimum Gasteiger partial charge on any atom is -0.395 e. The molecule has 0 spiro atoms. The fraction of sp³-hybridized carbons (Fsp3) is 0.750. The van der Waals surface area contributed by atoms with Crippen molar-refractivity contribution in [2.24, 2.45) is 0 Å². The number of carbonyl (C=O) groups is 2. The monoisotopic (exact) mass is 314 g/mol. The topological polar surface area (TPSA) is 98.7 Å². The molecule has 0 rings (SSSR count). The summed E-state index contributed by atoms with van der Waals surface area (Å²) in [4.78, 5) is 22.4. The molecule has 0 atom stereocenters. The molecular weight excluding hydrogens is 284 g/mol. The summed E-state index contributed by atoms with van der Waals surface area (Å²) in [5.74, 6) is -0.146. The quantitative estimate of drug-likeness (QED) is 0.282. The molecular formula is C16H30N2O4. The number of hydrogen-bond donors (Lipinski definition) is 4. The second kappa shape index (κ2) is 16.0. The molecule has 0 bridgehead atoms. The van der Waals surface area contributed by atoms with Crippen LogP contribution in [0.1, 0.15) is 51.4 Å². The molecule has 0 heterocycles. The van der Waals surface area contributed by atoms with Crippen LogP contribution in [0.2, 0.25) is 0 Å². The largest absolute Gasteiger partial charge is 0.395 e. The zero-order valence-electron chi connectivity index (χ0n) is 13.4. The number of rotatable bonds is 14. The van der Waals surface area contributed by atoms with Crippen LogP contribution in [-0.4, -0.2) is 48.3 Å². The molecule has 0 aliphatic carbocycles. The number of aliphatic hydroxyl groups excluding tert-OH is 2. The summed E-state index contributed by atoms with van der Waals surface area (Å²) in [7, 11) is 0. The lowest BCUT2D eigenvalue weighted by molar-refractivity contribution is -0.121. The predicted octanol–water partition coefficient (Wildman–Crippen LogP) is 0.880. The maximum atomic E-state index is 11.3. The normalized spacial score (nSPS) is 10.8. The number of nitrogens with one attached hydrogen (secondary N) is 2. The summed E-state index contributed by atoms with van der Waals surface area (Å²) >= 11 is 0. The fourth-order valence-corrected chi connectivity index (χ4v) is 1.97. The molecule has 6 heteroatoms. The van der Waals surface area contributed by atoms with Gasteiger partial charge >= 0.3 is 0 Å². The van der Waals surface area contributed by atoms with E-state index >= 15 is 0 Å². The van der Waals surface area contributed by atoms with Crippen LogP contribution in [0.5, 0.6) is 0 Å². The highest BCUT2D eigenvalue weighted by molar-refractivity contribution is 5.87. The summed E-state index contributed by atoms with van der Waals surface area (Å²) in [6, 6.07) is 0. The van der Waals surface area contributed by atoms with Crippen LogP contribution in [0.15, 0.2) is 12.2 Å². The third-order valence-corrected chi connectivity index (χ3v) is 3.14. The molecule has 0 aromatic carbocycles. The maximum Gasteiger partial charge on any atom is 0.243 e.